The SMILES string of the molecule is Cc1cn[nH]c1NS(=O)(=O)c1c(C)ccc(C)c1N. The molecule has 102 valence electrons. The fourth-order valence-corrected chi connectivity index (χ4v) is 3.32. The van der Waals surface area contributed by atoms with E-state index in [1.54, 1.807) is 39.1 Å². The Bertz CT molecular complexity index is 719. The summed E-state index contributed by atoms with van der Waals surface area (Å²) in [5, 5.41) is 6.38. The van der Waals surface area contributed by atoms with Crippen LogP contribution in [0, 0.1) is 20.8 Å². The summed E-state index contributed by atoms with van der Waals surface area (Å²) in [7, 11) is -3.74. The molecule has 0 saturated heterocycles. The van der Waals surface area contributed by atoms with Crippen molar-refractivity contribution in [1.82, 2.24) is 10.2 Å². The number of rotatable bonds is 3. The minimum atomic E-state index is -3.74. The molecule has 1 heterocycles. The molecule has 0 fully saturated rings. The van der Waals surface area contributed by atoms with Gasteiger partial charge >= 0.3 is 0 Å². The average molecular weight is 280 g/mol. The highest BCUT2D eigenvalue weighted by molar-refractivity contribution is 7.93. The van der Waals surface area contributed by atoms with E-state index in [4.69, 9.17) is 5.73 Å². The summed E-state index contributed by atoms with van der Waals surface area (Å²) in [6, 6.07) is 3.53. The summed E-state index contributed by atoms with van der Waals surface area (Å²) in [6.07, 6.45) is 1.55. The third-order valence-electron chi connectivity index (χ3n) is 2.94. The van der Waals surface area contributed by atoms with Crippen LogP contribution in [0.1, 0.15) is 16.7 Å². The van der Waals surface area contributed by atoms with E-state index in [1.807, 2.05) is 0 Å². The molecule has 0 amide bonds. The molecular formula is C12H16N4O2S. The molecule has 0 spiro atoms. The summed E-state index contributed by atoms with van der Waals surface area (Å²) in [6.45, 7) is 5.24. The summed E-state index contributed by atoms with van der Waals surface area (Å²) < 4.78 is 27.3. The minimum absolute atomic E-state index is 0.113. The number of anilines is 2. The first-order valence-corrected chi connectivity index (χ1v) is 7.19. The van der Waals surface area contributed by atoms with Gasteiger partial charge in [-0.3, -0.25) is 9.82 Å². The zero-order valence-corrected chi connectivity index (χ0v) is 11.8. The third-order valence-corrected chi connectivity index (χ3v) is 4.50. The van der Waals surface area contributed by atoms with Gasteiger partial charge < -0.3 is 5.73 Å². The van der Waals surface area contributed by atoms with Crippen LogP contribution in [0.4, 0.5) is 11.5 Å². The van der Waals surface area contributed by atoms with Crippen molar-refractivity contribution in [3.8, 4) is 0 Å². The summed E-state index contributed by atoms with van der Waals surface area (Å²) in [5.74, 6) is 0.348. The number of sulfonamides is 1. The second-order valence-corrected chi connectivity index (χ2v) is 6.09. The number of hydrogen-bond donors (Lipinski definition) is 3. The molecule has 6 nitrogen and oxygen atoms in total. The second kappa shape index (κ2) is 4.58. The Balaban J connectivity index is 2.52. The van der Waals surface area contributed by atoms with Crippen LogP contribution in [-0.4, -0.2) is 18.6 Å². The van der Waals surface area contributed by atoms with E-state index in [0.717, 1.165) is 5.56 Å². The first-order chi connectivity index (χ1) is 8.83. The third kappa shape index (κ3) is 2.41. The van der Waals surface area contributed by atoms with Gasteiger partial charge in [-0.25, -0.2) is 8.42 Å². The van der Waals surface area contributed by atoms with E-state index < -0.39 is 10.0 Å². The highest BCUT2D eigenvalue weighted by Gasteiger charge is 2.22. The van der Waals surface area contributed by atoms with Crippen LogP contribution in [0.25, 0.3) is 0 Å². The molecule has 1 aromatic heterocycles. The quantitative estimate of drug-likeness (QED) is 0.745. The lowest BCUT2D eigenvalue weighted by atomic mass is 10.1. The predicted molar refractivity (Wildman–Crippen MR) is 74.5 cm³/mol. The van der Waals surface area contributed by atoms with Gasteiger partial charge in [-0.15, -0.1) is 0 Å². The molecule has 0 aliphatic carbocycles. The lowest BCUT2D eigenvalue weighted by Crippen LogP contribution is -2.17. The highest BCUT2D eigenvalue weighted by Crippen LogP contribution is 2.27. The van der Waals surface area contributed by atoms with E-state index in [0.29, 0.717) is 16.9 Å². The largest absolute Gasteiger partial charge is 0.397 e. The second-order valence-electron chi connectivity index (χ2n) is 4.48. The number of benzene rings is 1. The van der Waals surface area contributed by atoms with E-state index in [-0.39, 0.29) is 10.6 Å². The van der Waals surface area contributed by atoms with Gasteiger partial charge in [0.2, 0.25) is 0 Å². The number of nitrogens with one attached hydrogen (secondary N) is 2. The van der Waals surface area contributed by atoms with E-state index in [2.05, 4.69) is 14.9 Å². The van der Waals surface area contributed by atoms with Crippen LogP contribution in [-0.2, 0) is 10.0 Å². The Morgan fingerprint density at radius 3 is 2.37 bits per heavy atom. The molecule has 19 heavy (non-hydrogen) atoms. The van der Waals surface area contributed by atoms with E-state index in [9.17, 15) is 8.42 Å². The van der Waals surface area contributed by atoms with Crippen LogP contribution >= 0.6 is 0 Å². The Morgan fingerprint density at radius 1 is 1.16 bits per heavy atom. The van der Waals surface area contributed by atoms with Crippen LogP contribution in [0.2, 0.25) is 0 Å². The van der Waals surface area contributed by atoms with Crippen LogP contribution in [0.3, 0.4) is 0 Å². The number of aromatic amines is 1. The Labute approximate surface area is 112 Å². The maximum absolute atomic E-state index is 12.4. The number of nitrogens with zero attached hydrogens (tertiary/aromatic N) is 1. The highest BCUT2D eigenvalue weighted by atomic mass is 32.2. The maximum Gasteiger partial charge on any atom is 0.265 e. The van der Waals surface area contributed by atoms with Gasteiger partial charge in [0, 0.05) is 5.56 Å². The molecule has 0 aliphatic rings. The predicted octanol–water partition coefficient (Wildman–Crippen LogP) is 1.72. The average Bonchev–Trinajstić information content (AvgIpc) is 2.69. The minimum Gasteiger partial charge on any atom is -0.397 e. The van der Waals surface area contributed by atoms with Gasteiger partial charge in [-0.1, -0.05) is 12.1 Å². The summed E-state index contributed by atoms with van der Waals surface area (Å²) in [5.41, 5.74) is 8.21. The van der Waals surface area contributed by atoms with Crippen molar-refractivity contribution < 1.29 is 8.42 Å². The Morgan fingerprint density at radius 2 is 1.79 bits per heavy atom. The van der Waals surface area contributed by atoms with E-state index >= 15 is 0 Å². The molecule has 4 N–H and O–H groups in total. The molecule has 0 radical (unpaired) electrons. The summed E-state index contributed by atoms with van der Waals surface area (Å²) in [4.78, 5) is 0.113. The van der Waals surface area contributed by atoms with Gasteiger partial charge in [-0.05, 0) is 31.9 Å². The molecule has 1 aromatic carbocycles. The van der Waals surface area contributed by atoms with Crippen molar-refractivity contribution in [3.63, 3.8) is 0 Å². The molecule has 0 bridgehead atoms. The van der Waals surface area contributed by atoms with E-state index in [1.165, 1.54) is 0 Å². The molecule has 7 heteroatoms. The van der Waals surface area contributed by atoms with Crippen LogP contribution < -0.4 is 10.5 Å². The summed E-state index contributed by atoms with van der Waals surface area (Å²) >= 11 is 0. The van der Waals surface area contributed by atoms with Crippen molar-refractivity contribution in [1.29, 1.82) is 0 Å². The number of nitrogens with two attached hydrogens (primary N) is 1. The van der Waals surface area contributed by atoms with Crippen LogP contribution in [0.5, 0.6) is 0 Å². The molecule has 0 aliphatic heterocycles. The fourth-order valence-electron chi connectivity index (χ4n) is 1.80. The zero-order chi connectivity index (χ0) is 14.2. The first-order valence-electron chi connectivity index (χ1n) is 5.71. The van der Waals surface area contributed by atoms with Crippen LogP contribution in [0.15, 0.2) is 23.2 Å². The van der Waals surface area contributed by atoms with Gasteiger partial charge in [0.1, 0.15) is 10.7 Å². The molecular weight excluding hydrogens is 264 g/mol. The van der Waals surface area contributed by atoms with Gasteiger partial charge in [0.15, 0.2) is 0 Å². The Hall–Kier alpha value is -2.02. The van der Waals surface area contributed by atoms with Gasteiger partial charge in [0.25, 0.3) is 10.0 Å². The Kier molecular flexibility index (Phi) is 3.23. The molecule has 0 saturated carbocycles. The van der Waals surface area contributed by atoms with Gasteiger partial charge in [0.05, 0.1) is 11.9 Å². The van der Waals surface area contributed by atoms with Crippen molar-refractivity contribution in [3.05, 3.63) is 35.0 Å². The first kappa shape index (κ1) is 13.4. The molecule has 0 unspecified atom stereocenters. The lowest BCUT2D eigenvalue weighted by molar-refractivity contribution is 0.600. The smallest absolute Gasteiger partial charge is 0.265 e. The number of H-pyrrole nitrogens is 1. The fraction of sp³-hybridized carbons (Fsp3) is 0.250. The van der Waals surface area contributed by atoms with Crippen molar-refractivity contribution >= 4 is 21.5 Å². The number of aryl methyl sites for hydroxylation is 3. The standard InChI is InChI=1S/C12H16N4O2S/c1-7-4-5-8(2)11(10(7)13)19(17,18)16-12-9(3)6-14-15-12/h4-6H,13H2,1-3H3,(H2,14,15,16). The lowest BCUT2D eigenvalue weighted by Gasteiger charge is -2.13. The van der Waals surface area contributed by atoms with Gasteiger partial charge in [-0.2, -0.15) is 5.10 Å². The number of nitrogen functional groups attached to an aromatic ring is 1. The van der Waals surface area contributed by atoms with Crippen molar-refractivity contribution in [2.24, 2.45) is 0 Å². The molecule has 0 atom stereocenters. The molecule has 2 aromatic rings. The van der Waals surface area contributed by atoms with Crippen molar-refractivity contribution in [2.45, 2.75) is 25.7 Å². The molecule has 2 rings (SSSR count). The van der Waals surface area contributed by atoms with Crippen molar-refractivity contribution in [2.75, 3.05) is 10.5 Å². The normalized spacial score (nSPS) is 11.5. The monoisotopic (exact) mass is 280 g/mol. The number of aromatic nitrogens is 2. The maximum atomic E-state index is 12.4. The topological polar surface area (TPSA) is 101 Å². The number of hydrogen-bond acceptors (Lipinski definition) is 4. The zero-order valence-electron chi connectivity index (χ0n) is 11.0.